The molecule has 2 rings (SSSR count). The van der Waals surface area contributed by atoms with Gasteiger partial charge in [0.1, 0.15) is 0 Å². The van der Waals surface area contributed by atoms with Crippen LogP contribution in [-0.2, 0) is 9.47 Å². The molecule has 0 spiro atoms. The maximum absolute atomic E-state index is 8.61. The lowest BCUT2D eigenvalue weighted by Crippen LogP contribution is -2.08. The quantitative estimate of drug-likeness (QED) is 0.817. The third kappa shape index (κ3) is 2.55. The second-order valence-electron chi connectivity index (χ2n) is 3.90. The lowest BCUT2D eigenvalue weighted by molar-refractivity contribution is -0.0593. The Balaban J connectivity index is 2.13. The fourth-order valence-electron chi connectivity index (χ4n) is 1.83. The summed E-state index contributed by atoms with van der Waals surface area (Å²) in [6.07, 6.45) is -0.264. The van der Waals surface area contributed by atoms with Crippen LogP contribution in [-0.4, -0.2) is 26.9 Å². The van der Waals surface area contributed by atoms with Crippen LogP contribution in [0.3, 0.4) is 0 Å². The van der Waals surface area contributed by atoms with E-state index >= 15 is 0 Å². The van der Waals surface area contributed by atoms with Gasteiger partial charge in [-0.2, -0.15) is 5.26 Å². The van der Waals surface area contributed by atoms with Crippen molar-refractivity contribution in [3.05, 3.63) is 23.8 Å². The van der Waals surface area contributed by atoms with Gasteiger partial charge in [0.25, 0.3) is 0 Å². The zero-order valence-electron chi connectivity index (χ0n) is 10.4. The molecular weight excluding hydrogens is 234 g/mol. The highest BCUT2D eigenvalue weighted by Crippen LogP contribution is 2.34. The van der Waals surface area contributed by atoms with Gasteiger partial charge in [-0.25, -0.2) is 0 Å². The highest BCUT2D eigenvalue weighted by molar-refractivity contribution is 5.43. The van der Waals surface area contributed by atoms with Crippen molar-refractivity contribution >= 4 is 0 Å². The first kappa shape index (κ1) is 12.7. The molecule has 0 aliphatic carbocycles. The van der Waals surface area contributed by atoms with Crippen LogP contribution in [0.25, 0.3) is 0 Å². The molecule has 1 saturated heterocycles. The van der Waals surface area contributed by atoms with Crippen LogP contribution in [0.5, 0.6) is 11.5 Å². The summed E-state index contributed by atoms with van der Waals surface area (Å²) >= 11 is 0. The van der Waals surface area contributed by atoms with Crippen LogP contribution in [0.4, 0.5) is 0 Å². The predicted molar refractivity (Wildman–Crippen MR) is 63.3 cm³/mol. The van der Waals surface area contributed by atoms with Gasteiger partial charge in [0.2, 0.25) is 0 Å². The molecule has 1 aliphatic rings. The summed E-state index contributed by atoms with van der Waals surface area (Å²) < 4.78 is 21.5. The van der Waals surface area contributed by atoms with Crippen LogP contribution < -0.4 is 9.47 Å². The first-order valence-electron chi connectivity index (χ1n) is 5.64. The Bertz CT molecular complexity index is 455. The first-order chi connectivity index (χ1) is 8.78. The lowest BCUT2D eigenvalue weighted by atomic mass is 10.2. The van der Waals surface area contributed by atoms with E-state index in [0.717, 1.165) is 5.56 Å². The van der Waals surface area contributed by atoms with Crippen molar-refractivity contribution in [2.75, 3.05) is 20.8 Å². The van der Waals surface area contributed by atoms with Crippen molar-refractivity contribution in [3.8, 4) is 17.6 Å². The van der Waals surface area contributed by atoms with E-state index in [1.807, 2.05) is 12.1 Å². The SMILES string of the molecule is COc1ccc(C2OCC(CC#N)O2)cc1OC. The van der Waals surface area contributed by atoms with E-state index in [1.54, 1.807) is 20.3 Å². The fourth-order valence-corrected chi connectivity index (χ4v) is 1.83. The van der Waals surface area contributed by atoms with Gasteiger partial charge in [0, 0.05) is 5.56 Å². The van der Waals surface area contributed by atoms with E-state index in [2.05, 4.69) is 6.07 Å². The van der Waals surface area contributed by atoms with Gasteiger partial charge in [-0.1, -0.05) is 6.07 Å². The van der Waals surface area contributed by atoms with E-state index in [9.17, 15) is 0 Å². The van der Waals surface area contributed by atoms with E-state index in [1.165, 1.54) is 0 Å². The highest BCUT2D eigenvalue weighted by Gasteiger charge is 2.27. The summed E-state index contributed by atoms with van der Waals surface area (Å²) in [5.74, 6) is 1.29. The van der Waals surface area contributed by atoms with Crippen molar-refractivity contribution in [1.29, 1.82) is 5.26 Å². The molecule has 1 fully saturated rings. The van der Waals surface area contributed by atoms with Gasteiger partial charge >= 0.3 is 0 Å². The second kappa shape index (κ2) is 5.71. The third-order valence-electron chi connectivity index (χ3n) is 2.75. The molecular formula is C13H15NO4. The summed E-state index contributed by atoms with van der Waals surface area (Å²) in [5, 5.41) is 8.61. The number of rotatable bonds is 4. The molecule has 1 aromatic rings. The zero-order valence-corrected chi connectivity index (χ0v) is 10.4. The van der Waals surface area contributed by atoms with E-state index in [0.29, 0.717) is 24.5 Å². The molecule has 0 bridgehead atoms. The van der Waals surface area contributed by atoms with Crippen molar-refractivity contribution in [2.45, 2.75) is 18.8 Å². The summed E-state index contributed by atoms with van der Waals surface area (Å²) in [7, 11) is 3.17. The third-order valence-corrected chi connectivity index (χ3v) is 2.75. The van der Waals surface area contributed by atoms with Crippen molar-refractivity contribution in [1.82, 2.24) is 0 Å². The number of benzene rings is 1. The normalized spacial score (nSPS) is 22.5. The molecule has 0 N–H and O–H groups in total. The fraction of sp³-hybridized carbons (Fsp3) is 0.462. The largest absolute Gasteiger partial charge is 0.493 e. The van der Waals surface area contributed by atoms with Gasteiger partial charge in [-0.15, -0.1) is 0 Å². The Kier molecular flexibility index (Phi) is 4.03. The number of hydrogen-bond donors (Lipinski definition) is 0. The number of hydrogen-bond acceptors (Lipinski definition) is 5. The minimum Gasteiger partial charge on any atom is -0.493 e. The minimum absolute atomic E-state index is 0.159. The molecule has 5 heteroatoms. The molecule has 5 nitrogen and oxygen atoms in total. The van der Waals surface area contributed by atoms with E-state index < -0.39 is 6.29 Å². The van der Waals surface area contributed by atoms with E-state index in [4.69, 9.17) is 24.2 Å². The molecule has 1 aliphatic heterocycles. The minimum atomic E-state index is -0.442. The molecule has 18 heavy (non-hydrogen) atoms. The molecule has 0 amide bonds. The molecule has 2 atom stereocenters. The summed E-state index contributed by atoms with van der Waals surface area (Å²) in [4.78, 5) is 0. The number of nitriles is 1. The summed E-state index contributed by atoms with van der Waals surface area (Å²) in [6.45, 7) is 0.437. The highest BCUT2D eigenvalue weighted by atomic mass is 16.7. The van der Waals surface area contributed by atoms with Gasteiger partial charge in [0.15, 0.2) is 17.8 Å². The zero-order chi connectivity index (χ0) is 13.0. The Hall–Kier alpha value is -1.77. The molecule has 2 unspecified atom stereocenters. The topological polar surface area (TPSA) is 60.7 Å². The predicted octanol–water partition coefficient (Wildman–Crippen LogP) is 2.03. The van der Waals surface area contributed by atoms with Gasteiger partial charge in [0.05, 0.1) is 39.4 Å². The van der Waals surface area contributed by atoms with Crippen molar-refractivity contribution in [3.63, 3.8) is 0 Å². The van der Waals surface area contributed by atoms with Crippen LogP contribution in [0.15, 0.2) is 18.2 Å². The number of nitrogens with zero attached hydrogens (tertiary/aromatic N) is 1. The summed E-state index contributed by atoms with van der Waals surface area (Å²) in [6, 6.07) is 7.56. The van der Waals surface area contributed by atoms with Gasteiger partial charge in [-0.05, 0) is 12.1 Å². The summed E-state index contributed by atoms with van der Waals surface area (Å²) in [5.41, 5.74) is 0.855. The maximum atomic E-state index is 8.61. The van der Waals surface area contributed by atoms with Crippen LogP contribution in [0, 0.1) is 11.3 Å². The van der Waals surface area contributed by atoms with Gasteiger partial charge < -0.3 is 18.9 Å². The molecule has 0 aromatic heterocycles. The lowest BCUT2D eigenvalue weighted by Gasteiger charge is -2.13. The van der Waals surface area contributed by atoms with Crippen LogP contribution >= 0.6 is 0 Å². The molecule has 0 saturated carbocycles. The average molecular weight is 249 g/mol. The molecule has 1 heterocycles. The Morgan fingerprint density at radius 1 is 1.33 bits per heavy atom. The number of ether oxygens (including phenoxy) is 4. The monoisotopic (exact) mass is 249 g/mol. The molecule has 1 aromatic carbocycles. The average Bonchev–Trinajstić information content (AvgIpc) is 2.87. The van der Waals surface area contributed by atoms with Crippen LogP contribution in [0.1, 0.15) is 18.3 Å². The Morgan fingerprint density at radius 2 is 2.11 bits per heavy atom. The van der Waals surface area contributed by atoms with Gasteiger partial charge in [-0.3, -0.25) is 0 Å². The second-order valence-corrected chi connectivity index (χ2v) is 3.90. The Labute approximate surface area is 106 Å². The number of methoxy groups -OCH3 is 2. The molecule has 0 radical (unpaired) electrons. The smallest absolute Gasteiger partial charge is 0.184 e. The Morgan fingerprint density at radius 3 is 2.78 bits per heavy atom. The van der Waals surface area contributed by atoms with Crippen LogP contribution in [0.2, 0.25) is 0 Å². The van der Waals surface area contributed by atoms with Crippen molar-refractivity contribution in [2.24, 2.45) is 0 Å². The van der Waals surface area contributed by atoms with E-state index in [-0.39, 0.29) is 6.10 Å². The standard InChI is InChI=1S/C13H15NO4/c1-15-11-4-3-9(7-12(11)16-2)13-17-8-10(18-13)5-6-14/h3-4,7,10,13H,5,8H2,1-2H3. The first-order valence-corrected chi connectivity index (χ1v) is 5.64. The molecule has 96 valence electrons. The maximum Gasteiger partial charge on any atom is 0.184 e. The van der Waals surface area contributed by atoms with Crippen molar-refractivity contribution < 1.29 is 18.9 Å².